The quantitative estimate of drug-likeness (QED) is 0.519. The topological polar surface area (TPSA) is 25.8 Å². The monoisotopic (exact) mass is 282 g/mol. The maximum absolute atomic E-state index is 4.47. The predicted molar refractivity (Wildman–Crippen MR) is 92.4 cm³/mol. The molecule has 0 aliphatic rings. The van der Waals surface area contributed by atoms with Gasteiger partial charge in [0, 0.05) is 23.2 Å². The molecule has 104 valence electrons. The normalized spacial score (nSPS) is 11.5. The third kappa shape index (κ3) is 2.47. The molecule has 0 atom stereocenters. The average molecular weight is 282 g/mol. The zero-order valence-electron chi connectivity index (χ0n) is 12.0. The molecule has 4 rings (SSSR count). The van der Waals surface area contributed by atoms with Crippen LogP contribution in [0.1, 0.15) is 11.4 Å². The lowest BCUT2D eigenvalue weighted by molar-refractivity contribution is 1.31. The summed E-state index contributed by atoms with van der Waals surface area (Å²) in [6.45, 7) is 0. The smallest absolute Gasteiger partial charge is 0.0636 e. The van der Waals surface area contributed by atoms with Gasteiger partial charge in [0.2, 0.25) is 0 Å². The first-order valence-corrected chi connectivity index (χ1v) is 7.26. The molecule has 0 N–H and O–H groups in total. The minimum atomic E-state index is 0.939. The van der Waals surface area contributed by atoms with Crippen molar-refractivity contribution < 1.29 is 0 Å². The molecule has 2 heterocycles. The Labute approximate surface area is 128 Å². The maximum Gasteiger partial charge on any atom is 0.0636 e. The Bertz CT molecular complexity index is 905. The van der Waals surface area contributed by atoms with E-state index in [4.69, 9.17) is 0 Å². The molecule has 0 aliphatic carbocycles. The van der Waals surface area contributed by atoms with Gasteiger partial charge in [-0.05, 0) is 35.1 Å². The van der Waals surface area contributed by atoms with Crippen molar-refractivity contribution in [1.29, 1.82) is 0 Å². The van der Waals surface area contributed by atoms with Gasteiger partial charge in [0.15, 0.2) is 0 Å². The summed E-state index contributed by atoms with van der Waals surface area (Å²) in [4.78, 5) is 8.94. The van der Waals surface area contributed by atoms with Crippen LogP contribution in [0.15, 0.2) is 73.1 Å². The molecule has 0 saturated carbocycles. The van der Waals surface area contributed by atoms with Crippen LogP contribution in [0, 0.1) is 0 Å². The second kappa shape index (κ2) is 5.41. The minimum Gasteiger partial charge on any atom is -0.256 e. The summed E-state index contributed by atoms with van der Waals surface area (Å²) < 4.78 is 0. The third-order valence-electron chi connectivity index (χ3n) is 3.73. The maximum atomic E-state index is 4.47. The molecule has 0 saturated heterocycles. The number of fused-ring (bicyclic) bond motifs is 2. The van der Waals surface area contributed by atoms with Crippen LogP contribution >= 0.6 is 0 Å². The molecule has 4 aromatic rings. The van der Waals surface area contributed by atoms with E-state index in [9.17, 15) is 0 Å². The van der Waals surface area contributed by atoms with Crippen LogP contribution in [-0.4, -0.2) is 9.97 Å². The Kier molecular flexibility index (Phi) is 3.13. The van der Waals surface area contributed by atoms with E-state index in [1.165, 1.54) is 10.8 Å². The highest BCUT2D eigenvalue weighted by atomic mass is 14.7. The Hall–Kier alpha value is -3.00. The summed E-state index contributed by atoms with van der Waals surface area (Å²) in [7, 11) is 0. The van der Waals surface area contributed by atoms with E-state index >= 15 is 0 Å². The molecule has 2 aromatic heterocycles. The Balaban J connectivity index is 1.68. The van der Waals surface area contributed by atoms with E-state index < -0.39 is 0 Å². The zero-order chi connectivity index (χ0) is 14.8. The minimum absolute atomic E-state index is 0.939. The van der Waals surface area contributed by atoms with Gasteiger partial charge in [-0.25, -0.2) is 0 Å². The van der Waals surface area contributed by atoms with Gasteiger partial charge in [-0.2, -0.15) is 0 Å². The fourth-order valence-corrected chi connectivity index (χ4v) is 2.55. The van der Waals surface area contributed by atoms with Gasteiger partial charge in [0.05, 0.1) is 11.4 Å². The molecule has 2 nitrogen and oxygen atoms in total. The van der Waals surface area contributed by atoms with Crippen LogP contribution in [-0.2, 0) is 0 Å². The lowest BCUT2D eigenvalue weighted by Crippen LogP contribution is -1.83. The van der Waals surface area contributed by atoms with Crippen molar-refractivity contribution in [2.45, 2.75) is 0 Å². The van der Waals surface area contributed by atoms with E-state index in [1.807, 2.05) is 48.8 Å². The number of pyridine rings is 2. The van der Waals surface area contributed by atoms with Crippen molar-refractivity contribution >= 4 is 33.7 Å². The van der Waals surface area contributed by atoms with Gasteiger partial charge in [0.1, 0.15) is 0 Å². The van der Waals surface area contributed by atoms with Crippen LogP contribution in [0.3, 0.4) is 0 Å². The second-order valence-corrected chi connectivity index (χ2v) is 5.25. The third-order valence-corrected chi connectivity index (χ3v) is 3.73. The van der Waals surface area contributed by atoms with Crippen molar-refractivity contribution in [2.24, 2.45) is 0 Å². The Morgan fingerprint density at radius 1 is 0.545 bits per heavy atom. The predicted octanol–water partition coefficient (Wildman–Crippen LogP) is 4.95. The molecular formula is C20H14N2. The van der Waals surface area contributed by atoms with Gasteiger partial charge < -0.3 is 0 Å². The number of nitrogens with zero attached hydrogens (tertiary/aromatic N) is 2. The summed E-state index contributed by atoms with van der Waals surface area (Å²) in [6.07, 6.45) is 7.82. The van der Waals surface area contributed by atoms with Crippen LogP contribution in [0.4, 0.5) is 0 Å². The summed E-state index contributed by atoms with van der Waals surface area (Å²) in [5.74, 6) is 0. The lowest BCUT2D eigenvalue weighted by atomic mass is 10.1. The van der Waals surface area contributed by atoms with Crippen molar-refractivity contribution in [2.75, 3.05) is 0 Å². The fraction of sp³-hybridized carbons (Fsp3) is 0. The number of hydrogen-bond acceptors (Lipinski definition) is 2. The van der Waals surface area contributed by atoms with Crippen molar-refractivity contribution in [1.82, 2.24) is 9.97 Å². The zero-order valence-corrected chi connectivity index (χ0v) is 12.0. The van der Waals surface area contributed by atoms with Gasteiger partial charge >= 0.3 is 0 Å². The highest BCUT2D eigenvalue weighted by molar-refractivity contribution is 5.86. The lowest BCUT2D eigenvalue weighted by Gasteiger charge is -2.00. The number of rotatable bonds is 2. The Morgan fingerprint density at radius 3 is 1.41 bits per heavy atom. The largest absolute Gasteiger partial charge is 0.256 e. The van der Waals surface area contributed by atoms with Gasteiger partial charge in [0.25, 0.3) is 0 Å². The van der Waals surface area contributed by atoms with E-state index in [-0.39, 0.29) is 0 Å². The highest BCUT2D eigenvalue weighted by Crippen LogP contribution is 2.17. The summed E-state index contributed by atoms with van der Waals surface area (Å²) in [5, 5.41) is 4.71. The molecule has 0 amide bonds. The molecular weight excluding hydrogens is 268 g/mol. The molecule has 2 heteroatoms. The standard InChI is InChI=1S/C20H14N2/c1-3-7-17-13-21-19(11-15(17)5-1)9-10-20-12-16-6-2-4-8-18(16)14-22-20/h1-14H/b10-9-. The fourth-order valence-electron chi connectivity index (χ4n) is 2.55. The van der Waals surface area contributed by atoms with E-state index in [0.717, 1.165) is 22.2 Å². The molecule has 0 bridgehead atoms. The van der Waals surface area contributed by atoms with Gasteiger partial charge in [-0.1, -0.05) is 48.5 Å². The van der Waals surface area contributed by atoms with Crippen LogP contribution < -0.4 is 0 Å². The first-order valence-electron chi connectivity index (χ1n) is 7.26. The molecule has 0 aliphatic heterocycles. The van der Waals surface area contributed by atoms with Crippen molar-refractivity contribution in [3.05, 3.63) is 84.4 Å². The molecule has 0 unspecified atom stereocenters. The molecule has 0 spiro atoms. The van der Waals surface area contributed by atoms with E-state index in [1.54, 1.807) is 0 Å². The average Bonchev–Trinajstić information content (AvgIpc) is 2.59. The van der Waals surface area contributed by atoms with Gasteiger partial charge in [-0.3, -0.25) is 9.97 Å². The van der Waals surface area contributed by atoms with Crippen LogP contribution in [0.5, 0.6) is 0 Å². The van der Waals surface area contributed by atoms with E-state index in [0.29, 0.717) is 0 Å². The first kappa shape index (κ1) is 12.7. The number of aromatic nitrogens is 2. The van der Waals surface area contributed by atoms with Crippen molar-refractivity contribution in [3.63, 3.8) is 0 Å². The van der Waals surface area contributed by atoms with Crippen molar-refractivity contribution in [3.8, 4) is 0 Å². The SMILES string of the molecule is C(=C/c1cc2ccccc2cn1)/c1cc2ccccc2cn1. The highest BCUT2D eigenvalue weighted by Gasteiger charge is 1.96. The van der Waals surface area contributed by atoms with E-state index in [2.05, 4.69) is 46.4 Å². The summed E-state index contributed by atoms with van der Waals surface area (Å²) in [6, 6.07) is 20.7. The number of benzene rings is 2. The Morgan fingerprint density at radius 2 is 0.955 bits per heavy atom. The molecule has 0 radical (unpaired) electrons. The van der Waals surface area contributed by atoms with Crippen LogP contribution in [0.2, 0.25) is 0 Å². The molecule has 22 heavy (non-hydrogen) atoms. The second-order valence-electron chi connectivity index (χ2n) is 5.25. The number of hydrogen-bond donors (Lipinski definition) is 0. The van der Waals surface area contributed by atoms with Crippen LogP contribution in [0.25, 0.3) is 33.7 Å². The first-order chi connectivity index (χ1) is 10.9. The van der Waals surface area contributed by atoms with Gasteiger partial charge in [-0.15, -0.1) is 0 Å². The summed E-state index contributed by atoms with van der Waals surface area (Å²) >= 11 is 0. The molecule has 0 fully saturated rings. The molecule has 2 aromatic carbocycles. The summed E-state index contributed by atoms with van der Waals surface area (Å²) in [5.41, 5.74) is 1.88.